The number of hydrogen-bond acceptors (Lipinski definition) is 5. The summed E-state index contributed by atoms with van der Waals surface area (Å²) < 4.78 is 34.5. The molecular weight excluding hydrogens is 336 g/mol. The number of fused-ring (bicyclic) bond motifs is 2. The average molecular weight is 355 g/mol. The van der Waals surface area contributed by atoms with Gasteiger partial charge in [-0.05, 0) is 12.3 Å². The van der Waals surface area contributed by atoms with E-state index in [2.05, 4.69) is 6.92 Å². The molecular formula is C16H19F2N3O2S. The maximum Gasteiger partial charge on any atom is 0.414 e. The third kappa shape index (κ3) is 2.35. The molecule has 2 N–H and O–H groups in total. The minimum atomic E-state index is -0.638. The second kappa shape index (κ2) is 5.77. The van der Waals surface area contributed by atoms with E-state index in [0.717, 1.165) is 12.2 Å². The van der Waals surface area contributed by atoms with E-state index in [1.807, 2.05) is 4.90 Å². The maximum atomic E-state index is 14.7. The van der Waals surface area contributed by atoms with E-state index >= 15 is 0 Å². The van der Waals surface area contributed by atoms with Gasteiger partial charge in [-0.15, -0.1) is 11.8 Å². The van der Waals surface area contributed by atoms with Crippen LogP contribution in [0.1, 0.15) is 13.3 Å². The number of nitrogens with zero attached hydrogens (tertiary/aromatic N) is 2. The Hall–Kier alpha value is -1.54. The number of halogens is 2. The predicted octanol–water partition coefficient (Wildman–Crippen LogP) is 2.54. The quantitative estimate of drug-likeness (QED) is 0.903. The van der Waals surface area contributed by atoms with Crippen molar-refractivity contribution in [3.63, 3.8) is 0 Å². The molecule has 0 spiro atoms. The van der Waals surface area contributed by atoms with Crippen LogP contribution in [0.4, 0.5) is 25.0 Å². The summed E-state index contributed by atoms with van der Waals surface area (Å²) in [5.74, 6) is 0.0269. The van der Waals surface area contributed by atoms with E-state index < -0.39 is 23.8 Å². The number of hydrogen-bond donors (Lipinski definition) is 1. The summed E-state index contributed by atoms with van der Waals surface area (Å²) in [7, 11) is 0. The van der Waals surface area contributed by atoms with Crippen molar-refractivity contribution in [2.24, 2.45) is 11.7 Å². The molecule has 0 aromatic heterocycles. The van der Waals surface area contributed by atoms with Gasteiger partial charge in [0.2, 0.25) is 0 Å². The van der Waals surface area contributed by atoms with Crippen molar-refractivity contribution in [1.82, 2.24) is 0 Å². The van der Waals surface area contributed by atoms with E-state index in [4.69, 9.17) is 10.5 Å². The standard InChI is InChI=1S/C16H19F2N3O2S/c1-8-2-10-7-24-15(8)21(10)14-12(17)3-9(4-13(14)18)20-6-11(5-19)23-16(20)22/h3-4,8,10-11,15H,2,5-7,19H2,1H3/t8-,10?,11+,15?/m1/s1. The summed E-state index contributed by atoms with van der Waals surface area (Å²) in [6.07, 6.45) is -0.119. The first-order chi connectivity index (χ1) is 11.5. The molecule has 4 rings (SSSR count). The normalized spacial score (nSPS) is 31.9. The smallest absolute Gasteiger partial charge is 0.414 e. The topological polar surface area (TPSA) is 58.8 Å². The first kappa shape index (κ1) is 16.0. The Morgan fingerprint density at radius 2 is 2.08 bits per heavy atom. The Morgan fingerprint density at radius 1 is 1.38 bits per heavy atom. The van der Waals surface area contributed by atoms with Crippen molar-refractivity contribution in [2.75, 3.05) is 28.6 Å². The monoisotopic (exact) mass is 355 g/mol. The molecule has 1 amide bonds. The highest BCUT2D eigenvalue weighted by molar-refractivity contribution is 8.00. The third-order valence-electron chi connectivity index (χ3n) is 4.97. The fourth-order valence-electron chi connectivity index (χ4n) is 3.86. The largest absolute Gasteiger partial charge is 0.443 e. The Morgan fingerprint density at radius 3 is 2.58 bits per heavy atom. The molecule has 24 heavy (non-hydrogen) atoms. The van der Waals surface area contributed by atoms with E-state index in [-0.39, 0.29) is 35.9 Å². The lowest BCUT2D eigenvalue weighted by Crippen LogP contribution is -2.32. The molecule has 1 aromatic rings. The second-order valence-corrected chi connectivity index (χ2v) is 7.76. The van der Waals surface area contributed by atoms with Crippen molar-refractivity contribution in [2.45, 2.75) is 30.9 Å². The fraction of sp³-hybridized carbons (Fsp3) is 0.562. The molecule has 0 aliphatic carbocycles. The molecule has 4 atom stereocenters. The van der Waals surface area contributed by atoms with Gasteiger partial charge in [0, 0.05) is 30.5 Å². The summed E-state index contributed by atoms with van der Waals surface area (Å²) in [6.45, 7) is 2.49. The fourth-order valence-corrected chi connectivity index (χ4v) is 5.46. The molecule has 3 saturated heterocycles. The number of nitrogens with two attached hydrogens (primary N) is 1. The molecule has 2 bridgehead atoms. The van der Waals surface area contributed by atoms with Gasteiger partial charge in [0.25, 0.3) is 0 Å². The van der Waals surface area contributed by atoms with Crippen molar-refractivity contribution >= 4 is 29.2 Å². The van der Waals surface area contributed by atoms with E-state index in [1.54, 1.807) is 11.8 Å². The number of rotatable bonds is 3. The summed E-state index contributed by atoms with van der Waals surface area (Å²) in [5.41, 5.74) is 5.68. The van der Waals surface area contributed by atoms with Crippen molar-refractivity contribution in [3.8, 4) is 0 Å². The Balaban J connectivity index is 1.66. The van der Waals surface area contributed by atoms with Gasteiger partial charge >= 0.3 is 6.09 Å². The number of benzene rings is 1. The first-order valence-corrected chi connectivity index (χ1v) is 9.11. The SMILES string of the molecule is C[C@@H]1CC2CSC1N2c1c(F)cc(N2C[C@H](CN)OC2=O)cc1F. The number of thioether (sulfide) groups is 1. The number of carbonyl (C=O) groups excluding carboxylic acids is 1. The number of amides is 1. The zero-order valence-electron chi connectivity index (χ0n) is 13.2. The first-order valence-electron chi connectivity index (χ1n) is 8.06. The molecule has 3 aliphatic heterocycles. The third-order valence-corrected chi connectivity index (χ3v) is 6.58. The van der Waals surface area contributed by atoms with Crippen molar-refractivity contribution in [1.29, 1.82) is 0 Å². The highest BCUT2D eigenvalue weighted by Crippen LogP contribution is 2.48. The summed E-state index contributed by atoms with van der Waals surface area (Å²) in [5, 5.41) is 0.114. The Labute approximate surface area is 143 Å². The van der Waals surface area contributed by atoms with Gasteiger partial charge in [-0.2, -0.15) is 0 Å². The lowest BCUT2D eigenvalue weighted by Gasteiger charge is -2.26. The number of cyclic esters (lactones) is 1. The van der Waals surface area contributed by atoms with Gasteiger partial charge < -0.3 is 15.4 Å². The van der Waals surface area contributed by atoms with Gasteiger partial charge in [0.05, 0.1) is 17.6 Å². The van der Waals surface area contributed by atoms with Gasteiger partial charge in [0.1, 0.15) is 11.8 Å². The molecule has 1 aromatic carbocycles. The second-order valence-electron chi connectivity index (χ2n) is 6.61. The van der Waals surface area contributed by atoms with Crippen molar-refractivity contribution in [3.05, 3.63) is 23.8 Å². The van der Waals surface area contributed by atoms with E-state index in [9.17, 15) is 13.6 Å². The van der Waals surface area contributed by atoms with Crippen LogP contribution in [-0.4, -0.2) is 42.5 Å². The summed E-state index contributed by atoms with van der Waals surface area (Å²) in [4.78, 5) is 14.9. The molecule has 2 unspecified atom stereocenters. The zero-order valence-corrected chi connectivity index (χ0v) is 14.1. The van der Waals surface area contributed by atoms with Crippen LogP contribution in [0.15, 0.2) is 12.1 Å². The zero-order chi connectivity index (χ0) is 17.0. The predicted molar refractivity (Wildman–Crippen MR) is 89.3 cm³/mol. The van der Waals surface area contributed by atoms with Crippen LogP contribution in [0.3, 0.4) is 0 Å². The van der Waals surface area contributed by atoms with Crippen LogP contribution in [0.2, 0.25) is 0 Å². The number of ether oxygens (including phenoxy) is 1. The van der Waals surface area contributed by atoms with Crippen LogP contribution in [0.5, 0.6) is 0 Å². The average Bonchev–Trinajstić information content (AvgIpc) is 3.19. The molecule has 5 nitrogen and oxygen atoms in total. The van der Waals surface area contributed by atoms with Gasteiger partial charge in [-0.1, -0.05) is 6.92 Å². The van der Waals surface area contributed by atoms with E-state index in [1.165, 1.54) is 17.0 Å². The summed E-state index contributed by atoms with van der Waals surface area (Å²) >= 11 is 1.75. The van der Waals surface area contributed by atoms with E-state index in [0.29, 0.717) is 5.92 Å². The lowest BCUT2D eigenvalue weighted by molar-refractivity contribution is 0.145. The number of anilines is 2. The molecule has 8 heteroatoms. The Kier molecular flexibility index (Phi) is 3.84. The highest BCUT2D eigenvalue weighted by Gasteiger charge is 2.47. The maximum absolute atomic E-state index is 14.7. The van der Waals surface area contributed by atoms with Crippen LogP contribution < -0.4 is 15.5 Å². The molecule has 130 valence electrons. The number of carbonyl (C=O) groups is 1. The van der Waals surface area contributed by atoms with Gasteiger partial charge in [-0.3, -0.25) is 4.90 Å². The minimum absolute atomic E-state index is 0.0195. The van der Waals surface area contributed by atoms with Gasteiger partial charge in [-0.25, -0.2) is 13.6 Å². The Bertz CT molecular complexity index is 666. The highest BCUT2D eigenvalue weighted by atomic mass is 32.2. The van der Waals surface area contributed by atoms with Crippen LogP contribution in [-0.2, 0) is 4.74 Å². The molecule has 0 radical (unpaired) electrons. The minimum Gasteiger partial charge on any atom is -0.443 e. The molecule has 0 saturated carbocycles. The van der Waals surface area contributed by atoms with Crippen molar-refractivity contribution < 1.29 is 18.3 Å². The molecule has 3 heterocycles. The summed E-state index contributed by atoms with van der Waals surface area (Å²) in [6, 6.07) is 2.60. The molecule has 3 fully saturated rings. The molecule has 3 aliphatic rings. The van der Waals surface area contributed by atoms with Gasteiger partial charge in [0.15, 0.2) is 11.6 Å². The lowest BCUT2D eigenvalue weighted by atomic mass is 10.1. The van der Waals surface area contributed by atoms with Crippen LogP contribution >= 0.6 is 11.8 Å². The van der Waals surface area contributed by atoms with Crippen LogP contribution in [0, 0.1) is 17.6 Å². The van der Waals surface area contributed by atoms with Crippen LogP contribution in [0.25, 0.3) is 0 Å².